The minimum Gasteiger partial charge on any atom is -0.304 e. The van der Waals surface area contributed by atoms with Crippen LogP contribution >= 0.6 is 11.3 Å². The van der Waals surface area contributed by atoms with E-state index in [0.29, 0.717) is 0 Å². The number of benzene rings is 3. The summed E-state index contributed by atoms with van der Waals surface area (Å²) in [6.45, 7) is 2.09. The fraction of sp³-hybridized carbons (Fsp3) is 0.0556. The quantitative estimate of drug-likeness (QED) is 0.224. The molecule has 2 heterocycles. The largest absolute Gasteiger partial charge is 0.304 e. The summed E-state index contributed by atoms with van der Waals surface area (Å²) in [6, 6.07) is 16.5. The summed E-state index contributed by atoms with van der Waals surface area (Å²) < 4.78 is 2.66. The van der Waals surface area contributed by atoms with Crippen molar-refractivity contribution in [3.8, 4) is 0 Å². The van der Waals surface area contributed by atoms with Crippen LogP contribution in [0.4, 0.5) is 0 Å². The number of nitrogens with zero attached hydrogens (tertiary/aromatic N) is 1. The van der Waals surface area contributed by atoms with E-state index in [4.69, 9.17) is 0 Å². The molecule has 0 amide bonds. The average Bonchev–Trinajstić information content (AvgIpc) is 2.85. The van der Waals surface area contributed by atoms with E-state index in [2.05, 4.69) is 54.4 Å². The molecule has 21 heavy (non-hydrogen) atoms. The van der Waals surface area contributed by atoms with Gasteiger partial charge in [-0.3, -0.25) is 0 Å². The van der Waals surface area contributed by atoms with Crippen LogP contribution in [0.15, 0.2) is 42.6 Å². The Kier molecular flexibility index (Phi) is 2.80. The predicted molar refractivity (Wildman–Crippen MR) is 86.9 cm³/mol. The van der Waals surface area contributed by atoms with Crippen molar-refractivity contribution < 1.29 is 20.1 Å². The first-order chi connectivity index (χ1) is 9.83. The van der Waals surface area contributed by atoms with Crippen molar-refractivity contribution in [1.29, 1.82) is 0 Å². The molecule has 0 fully saturated rings. The van der Waals surface area contributed by atoms with Crippen LogP contribution in [-0.2, 0) is 20.1 Å². The second-order valence-electron chi connectivity index (χ2n) is 5.24. The SMILES string of the molecule is Cc1[c-]c2c(cc1)c1cccc3sc4ccnc2c4c31.[Ir]. The van der Waals surface area contributed by atoms with Crippen LogP contribution in [0.1, 0.15) is 5.56 Å². The molecular weight excluding hydrogens is 454 g/mol. The first-order valence-corrected chi connectivity index (χ1v) is 7.48. The van der Waals surface area contributed by atoms with Crippen LogP contribution in [0.25, 0.3) is 41.8 Å². The van der Waals surface area contributed by atoms with Gasteiger partial charge in [0, 0.05) is 35.7 Å². The molecule has 0 spiro atoms. The fourth-order valence-electron chi connectivity index (χ4n) is 3.19. The van der Waals surface area contributed by atoms with E-state index < -0.39 is 0 Å². The van der Waals surface area contributed by atoms with Gasteiger partial charge in [-0.25, -0.2) is 0 Å². The standard InChI is InChI=1S/C18H10NS.Ir/c1-10-5-6-11-12-3-2-4-14-16(12)17-15(20-14)7-8-19-18(17)13(11)9-10;/h2-8H,1H3;/q-1;. The van der Waals surface area contributed by atoms with Crippen molar-refractivity contribution in [2.75, 3.05) is 0 Å². The summed E-state index contributed by atoms with van der Waals surface area (Å²) in [5.74, 6) is 0. The number of pyridine rings is 1. The molecule has 2 aromatic heterocycles. The molecule has 0 bridgehead atoms. The summed E-state index contributed by atoms with van der Waals surface area (Å²) in [4.78, 5) is 4.65. The smallest absolute Gasteiger partial charge is 0.0345 e. The molecule has 0 aliphatic rings. The first kappa shape index (κ1) is 13.1. The molecular formula is C18H10IrNS-. The van der Waals surface area contributed by atoms with E-state index in [1.165, 1.54) is 30.9 Å². The van der Waals surface area contributed by atoms with Gasteiger partial charge < -0.3 is 4.98 Å². The molecule has 0 aliphatic carbocycles. The topological polar surface area (TPSA) is 12.9 Å². The van der Waals surface area contributed by atoms with Crippen molar-refractivity contribution in [3.63, 3.8) is 0 Å². The average molecular weight is 465 g/mol. The molecule has 1 nitrogen and oxygen atoms in total. The van der Waals surface area contributed by atoms with Crippen LogP contribution in [0.3, 0.4) is 0 Å². The Morgan fingerprint density at radius 1 is 0.952 bits per heavy atom. The van der Waals surface area contributed by atoms with Crippen LogP contribution < -0.4 is 0 Å². The molecule has 1 radical (unpaired) electrons. The van der Waals surface area contributed by atoms with E-state index in [-0.39, 0.29) is 20.1 Å². The molecule has 0 N–H and O–H groups in total. The number of fused-ring (bicyclic) bond motifs is 3. The predicted octanol–water partition coefficient (Wildman–Crippen LogP) is 5.30. The zero-order valence-electron chi connectivity index (χ0n) is 11.2. The monoisotopic (exact) mass is 465 g/mol. The van der Waals surface area contributed by atoms with Gasteiger partial charge in [0.15, 0.2) is 0 Å². The van der Waals surface area contributed by atoms with Crippen LogP contribution in [0.2, 0.25) is 0 Å². The van der Waals surface area contributed by atoms with Crippen LogP contribution in [0.5, 0.6) is 0 Å². The summed E-state index contributed by atoms with van der Waals surface area (Å²) >= 11 is 1.85. The van der Waals surface area contributed by atoms with Gasteiger partial charge >= 0.3 is 0 Å². The summed E-state index contributed by atoms with van der Waals surface area (Å²) in [7, 11) is 0. The van der Waals surface area contributed by atoms with Gasteiger partial charge in [-0.1, -0.05) is 29.8 Å². The van der Waals surface area contributed by atoms with Crippen LogP contribution in [0, 0.1) is 13.0 Å². The number of aromatic nitrogens is 1. The van der Waals surface area contributed by atoms with Crippen molar-refractivity contribution in [2.45, 2.75) is 6.92 Å². The Balaban J connectivity index is 0.00000115. The maximum atomic E-state index is 4.65. The molecule has 0 unspecified atom stereocenters. The van der Waals surface area contributed by atoms with Gasteiger partial charge in [-0.15, -0.1) is 40.5 Å². The zero-order valence-corrected chi connectivity index (χ0v) is 14.4. The van der Waals surface area contributed by atoms with Crippen molar-refractivity contribution in [1.82, 2.24) is 4.98 Å². The van der Waals surface area contributed by atoms with Gasteiger partial charge in [-0.2, -0.15) is 0 Å². The molecule has 0 saturated carbocycles. The minimum atomic E-state index is 0. The summed E-state index contributed by atoms with van der Waals surface area (Å²) in [5, 5.41) is 6.39. The number of hydrogen-bond acceptors (Lipinski definition) is 2. The zero-order chi connectivity index (χ0) is 13.3. The maximum Gasteiger partial charge on any atom is 0.0345 e. The Bertz CT molecular complexity index is 1110. The molecule has 0 saturated heterocycles. The second kappa shape index (κ2) is 4.48. The van der Waals surface area contributed by atoms with Crippen molar-refractivity contribution >= 4 is 53.2 Å². The molecule has 3 aromatic carbocycles. The van der Waals surface area contributed by atoms with Gasteiger partial charge in [0.1, 0.15) is 0 Å². The normalized spacial score (nSPS) is 11.7. The number of hydrogen-bond donors (Lipinski definition) is 0. The van der Waals surface area contributed by atoms with Crippen LogP contribution in [-0.4, -0.2) is 4.98 Å². The first-order valence-electron chi connectivity index (χ1n) is 6.67. The number of aryl methyl sites for hydroxylation is 1. The van der Waals surface area contributed by atoms with Gasteiger partial charge in [0.05, 0.1) is 0 Å². The minimum absolute atomic E-state index is 0. The Labute approximate surface area is 139 Å². The van der Waals surface area contributed by atoms with E-state index in [1.54, 1.807) is 0 Å². The molecule has 3 heteroatoms. The maximum absolute atomic E-state index is 4.65. The Hall–Kier alpha value is -1.54. The molecule has 103 valence electrons. The summed E-state index contributed by atoms with van der Waals surface area (Å²) in [6.07, 6.45) is 1.91. The molecule has 0 aliphatic heterocycles. The summed E-state index contributed by atoms with van der Waals surface area (Å²) in [5.41, 5.74) is 2.25. The fourth-order valence-corrected chi connectivity index (χ4v) is 4.31. The Morgan fingerprint density at radius 3 is 2.71 bits per heavy atom. The number of thiophene rings is 1. The van der Waals surface area contributed by atoms with Crippen molar-refractivity contribution in [2.24, 2.45) is 0 Å². The van der Waals surface area contributed by atoms with E-state index in [1.807, 2.05) is 17.5 Å². The van der Waals surface area contributed by atoms with Gasteiger partial charge in [-0.05, 0) is 28.4 Å². The van der Waals surface area contributed by atoms with Crippen molar-refractivity contribution in [3.05, 3.63) is 54.2 Å². The third-order valence-corrected chi connectivity index (χ3v) is 5.15. The Morgan fingerprint density at radius 2 is 1.81 bits per heavy atom. The van der Waals surface area contributed by atoms with Gasteiger partial charge in [0.25, 0.3) is 0 Å². The molecule has 5 rings (SSSR count). The molecule has 5 aromatic rings. The van der Waals surface area contributed by atoms with Gasteiger partial charge in [0.2, 0.25) is 0 Å². The van der Waals surface area contributed by atoms with E-state index in [0.717, 1.165) is 16.5 Å². The van der Waals surface area contributed by atoms with E-state index in [9.17, 15) is 0 Å². The van der Waals surface area contributed by atoms with E-state index >= 15 is 0 Å². The third kappa shape index (κ3) is 1.63. The second-order valence-corrected chi connectivity index (χ2v) is 6.33. The number of rotatable bonds is 0. The molecule has 0 atom stereocenters. The third-order valence-electron chi connectivity index (χ3n) is 4.03.